The van der Waals surface area contributed by atoms with Gasteiger partial charge in [0.15, 0.2) is 5.58 Å². The molecule has 1 aliphatic rings. The number of nitrogens with zero attached hydrogens (tertiary/aromatic N) is 1. The summed E-state index contributed by atoms with van der Waals surface area (Å²) in [6.07, 6.45) is 0. The molecule has 8 aromatic carbocycles. The van der Waals surface area contributed by atoms with Crippen LogP contribution in [0.2, 0.25) is 0 Å². The number of benzene rings is 8. The first-order valence-electron chi connectivity index (χ1n) is 17.0. The Balaban J connectivity index is 1.18. The van der Waals surface area contributed by atoms with Crippen molar-refractivity contribution < 1.29 is 4.42 Å². The smallest absolute Gasteiger partial charge is 0.159 e. The van der Waals surface area contributed by atoms with Gasteiger partial charge in [-0.3, -0.25) is 0 Å². The largest absolute Gasteiger partial charge is 0.453 e. The lowest BCUT2D eigenvalue weighted by Gasteiger charge is -2.26. The van der Waals surface area contributed by atoms with Crippen LogP contribution in [0.5, 0.6) is 0 Å². The van der Waals surface area contributed by atoms with E-state index in [1.807, 2.05) is 0 Å². The van der Waals surface area contributed by atoms with Gasteiger partial charge in [-0.15, -0.1) is 0 Å². The normalized spacial score (nSPS) is 13.3. The summed E-state index contributed by atoms with van der Waals surface area (Å²) >= 11 is 0. The zero-order chi connectivity index (χ0) is 32.7. The monoisotopic (exact) mass is 627 g/mol. The fourth-order valence-electron chi connectivity index (χ4n) is 8.21. The van der Waals surface area contributed by atoms with Gasteiger partial charge in [0.25, 0.3) is 0 Å². The number of hydrogen-bond donors (Lipinski definition) is 0. The number of hydrogen-bond acceptors (Lipinski definition) is 2. The lowest BCUT2D eigenvalue weighted by molar-refractivity contribution is 0.661. The minimum absolute atomic E-state index is 0.103. The minimum Gasteiger partial charge on any atom is -0.453 e. The van der Waals surface area contributed by atoms with Gasteiger partial charge in [0.2, 0.25) is 0 Å². The molecule has 2 nitrogen and oxygen atoms in total. The van der Waals surface area contributed by atoms with E-state index < -0.39 is 0 Å². The van der Waals surface area contributed by atoms with Crippen LogP contribution in [0.4, 0.5) is 17.1 Å². The zero-order valence-corrected chi connectivity index (χ0v) is 27.4. The second-order valence-corrected chi connectivity index (χ2v) is 13.7. The van der Waals surface area contributed by atoms with Gasteiger partial charge in [0, 0.05) is 33.1 Å². The van der Waals surface area contributed by atoms with Gasteiger partial charge in [0.1, 0.15) is 5.58 Å². The summed E-state index contributed by atoms with van der Waals surface area (Å²) in [6, 6.07) is 59.2. The van der Waals surface area contributed by atoms with Crippen LogP contribution >= 0.6 is 0 Å². The first-order chi connectivity index (χ1) is 24.1. The molecular weight excluding hydrogens is 595 g/mol. The Morgan fingerprint density at radius 3 is 1.98 bits per heavy atom. The highest BCUT2D eigenvalue weighted by molar-refractivity contribution is 6.14. The number of furan rings is 1. The highest BCUT2D eigenvalue weighted by Gasteiger charge is 2.36. The van der Waals surface area contributed by atoms with Gasteiger partial charge in [-0.1, -0.05) is 135 Å². The standard InChI is InChI=1S/C47H33NO/c1-47(2)41-26-24-31-15-9-10-18-36(31)44(41)40-28-32-23-25-35(27-33(32)29-42(40)47)48(34-16-7-4-8-17-34)43-22-12-21-39-38-20-11-19-37(45(38)49-46(39)43)30-13-5-3-6-14-30/h3-29H,1-2H3. The molecule has 1 heterocycles. The number of fused-ring (bicyclic) bond motifs is 9. The van der Waals surface area contributed by atoms with E-state index in [-0.39, 0.29) is 5.41 Å². The van der Waals surface area contributed by atoms with Crippen LogP contribution < -0.4 is 4.90 Å². The molecule has 0 spiro atoms. The predicted octanol–water partition coefficient (Wildman–Crippen LogP) is 13.3. The summed E-state index contributed by atoms with van der Waals surface area (Å²) in [4.78, 5) is 2.34. The molecule has 0 radical (unpaired) electrons. The molecule has 0 bridgehead atoms. The van der Waals surface area contributed by atoms with Crippen molar-refractivity contribution >= 4 is 60.5 Å². The Morgan fingerprint density at radius 2 is 1.14 bits per heavy atom. The van der Waals surface area contributed by atoms with Crippen LogP contribution in [-0.2, 0) is 5.41 Å². The van der Waals surface area contributed by atoms with Crippen molar-refractivity contribution in [3.05, 3.63) is 175 Å². The Hall–Kier alpha value is -6.12. The molecule has 1 aliphatic carbocycles. The third-order valence-electron chi connectivity index (χ3n) is 10.6. The van der Waals surface area contributed by atoms with Crippen LogP contribution in [-0.4, -0.2) is 0 Å². The van der Waals surface area contributed by atoms with E-state index in [1.165, 1.54) is 43.8 Å². The Kier molecular flexibility index (Phi) is 5.95. The fraction of sp³-hybridized carbons (Fsp3) is 0.0638. The molecule has 0 saturated carbocycles. The molecule has 0 N–H and O–H groups in total. The summed E-state index contributed by atoms with van der Waals surface area (Å²) in [5.74, 6) is 0. The molecule has 0 unspecified atom stereocenters. The van der Waals surface area contributed by atoms with E-state index >= 15 is 0 Å². The molecule has 9 aromatic rings. The summed E-state index contributed by atoms with van der Waals surface area (Å²) in [5.41, 5.74) is 12.6. The molecule has 0 atom stereocenters. The molecule has 10 rings (SSSR count). The summed E-state index contributed by atoms with van der Waals surface area (Å²) in [7, 11) is 0. The Morgan fingerprint density at radius 1 is 0.449 bits per heavy atom. The van der Waals surface area contributed by atoms with Crippen molar-refractivity contribution in [2.45, 2.75) is 19.3 Å². The maximum Gasteiger partial charge on any atom is 0.159 e. The Labute approximate surface area is 285 Å². The van der Waals surface area contributed by atoms with E-state index in [4.69, 9.17) is 4.42 Å². The third-order valence-corrected chi connectivity index (χ3v) is 10.6. The van der Waals surface area contributed by atoms with E-state index in [0.717, 1.165) is 50.1 Å². The van der Waals surface area contributed by atoms with E-state index in [2.05, 4.69) is 183 Å². The molecule has 232 valence electrons. The van der Waals surface area contributed by atoms with Crippen molar-refractivity contribution in [3.8, 4) is 22.3 Å². The average Bonchev–Trinajstić information content (AvgIpc) is 3.64. The molecule has 2 heteroatoms. The molecule has 0 aliphatic heterocycles. The topological polar surface area (TPSA) is 16.4 Å². The first-order valence-corrected chi connectivity index (χ1v) is 17.0. The van der Waals surface area contributed by atoms with E-state index in [1.54, 1.807) is 0 Å². The van der Waals surface area contributed by atoms with Crippen LogP contribution in [0.1, 0.15) is 25.0 Å². The average molecular weight is 628 g/mol. The highest BCUT2D eigenvalue weighted by Crippen LogP contribution is 2.53. The Bertz CT molecular complexity index is 2740. The van der Waals surface area contributed by atoms with Crippen LogP contribution in [0.25, 0.3) is 65.7 Å². The van der Waals surface area contributed by atoms with Crippen molar-refractivity contribution in [1.29, 1.82) is 0 Å². The molecule has 0 amide bonds. The fourth-order valence-corrected chi connectivity index (χ4v) is 8.21. The third kappa shape index (κ3) is 4.14. The summed E-state index contributed by atoms with van der Waals surface area (Å²) in [5, 5.41) is 7.31. The molecule has 0 fully saturated rings. The zero-order valence-electron chi connectivity index (χ0n) is 27.4. The van der Waals surface area contributed by atoms with Gasteiger partial charge >= 0.3 is 0 Å². The van der Waals surface area contributed by atoms with Gasteiger partial charge < -0.3 is 9.32 Å². The summed E-state index contributed by atoms with van der Waals surface area (Å²) in [6.45, 7) is 4.73. The van der Waals surface area contributed by atoms with Crippen molar-refractivity contribution in [2.24, 2.45) is 0 Å². The van der Waals surface area contributed by atoms with Crippen LogP contribution in [0, 0.1) is 0 Å². The van der Waals surface area contributed by atoms with Crippen molar-refractivity contribution in [2.75, 3.05) is 4.90 Å². The lowest BCUT2D eigenvalue weighted by Crippen LogP contribution is -2.15. The minimum atomic E-state index is -0.103. The first kappa shape index (κ1) is 27.9. The van der Waals surface area contributed by atoms with Crippen molar-refractivity contribution in [3.63, 3.8) is 0 Å². The molecule has 1 aromatic heterocycles. The molecular formula is C47H33NO. The second kappa shape index (κ2) is 10.4. The maximum absolute atomic E-state index is 6.90. The highest BCUT2D eigenvalue weighted by atomic mass is 16.3. The lowest BCUT2D eigenvalue weighted by atomic mass is 9.81. The van der Waals surface area contributed by atoms with Gasteiger partial charge in [0.05, 0.1) is 5.69 Å². The van der Waals surface area contributed by atoms with Gasteiger partial charge in [-0.05, 0) is 91.8 Å². The number of rotatable bonds is 4. The van der Waals surface area contributed by atoms with E-state index in [0.29, 0.717) is 0 Å². The van der Waals surface area contributed by atoms with Crippen LogP contribution in [0.15, 0.2) is 168 Å². The second-order valence-electron chi connectivity index (χ2n) is 13.7. The van der Waals surface area contributed by atoms with Crippen LogP contribution in [0.3, 0.4) is 0 Å². The van der Waals surface area contributed by atoms with Gasteiger partial charge in [-0.25, -0.2) is 0 Å². The number of para-hydroxylation sites is 3. The SMILES string of the molecule is CC1(C)c2cc3cc(N(c4ccccc4)c4cccc5c4oc4c(-c6ccccc6)cccc45)ccc3cc2-c2c1ccc1ccccc21. The van der Waals surface area contributed by atoms with E-state index in [9.17, 15) is 0 Å². The van der Waals surface area contributed by atoms with Crippen molar-refractivity contribution in [1.82, 2.24) is 0 Å². The molecule has 49 heavy (non-hydrogen) atoms. The quantitative estimate of drug-likeness (QED) is 0.193. The maximum atomic E-state index is 6.90. The molecule has 0 saturated heterocycles. The van der Waals surface area contributed by atoms with Gasteiger partial charge in [-0.2, -0.15) is 0 Å². The summed E-state index contributed by atoms with van der Waals surface area (Å²) < 4.78 is 6.90. The predicted molar refractivity (Wildman–Crippen MR) is 206 cm³/mol. The number of anilines is 3.